The summed E-state index contributed by atoms with van der Waals surface area (Å²) in [6.45, 7) is 4.35. The predicted octanol–water partition coefficient (Wildman–Crippen LogP) is 1.22. The standard InChI is InChI=1S/C12H18ClN3O2S/c1-10(11-2-4-12(13)5-3-11)15-6-8-16(9-7-15)19(14,17)18/h2-5,10H,6-9H2,1H3,(H2,14,17,18). The molecule has 0 radical (unpaired) electrons. The molecule has 1 unspecified atom stereocenters. The van der Waals surface area contributed by atoms with Crippen LogP contribution in [0.25, 0.3) is 0 Å². The van der Waals surface area contributed by atoms with Crippen molar-refractivity contribution in [2.75, 3.05) is 26.2 Å². The van der Waals surface area contributed by atoms with Gasteiger partial charge in [0.25, 0.3) is 10.2 Å². The summed E-state index contributed by atoms with van der Waals surface area (Å²) >= 11 is 5.87. The lowest BCUT2D eigenvalue weighted by Gasteiger charge is -2.36. The Hall–Kier alpha value is -0.660. The number of rotatable bonds is 3. The zero-order valence-corrected chi connectivity index (χ0v) is 12.4. The van der Waals surface area contributed by atoms with Crippen LogP contribution in [0.15, 0.2) is 24.3 Å². The van der Waals surface area contributed by atoms with E-state index in [1.54, 1.807) is 0 Å². The molecule has 0 aliphatic carbocycles. The lowest BCUT2D eigenvalue weighted by Crippen LogP contribution is -2.51. The molecular weight excluding hydrogens is 286 g/mol. The van der Waals surface area contributed by atoms with E-state index in [9.17, 15) is 8.42 Å². The summed E-state index contributed by atoms with van der Waals surface area (Å²) in [5, 5.41) is 5.84. The van der Waals surface area contributed by atoms with Gasteiger partial charge in [-0.2, -0.15) is 12.7 Å². The maximum absolute atomic E-state index is 11.2. The van der Waals surface area contributed by atoms with E-state index in [0.717, 1.165) is 5.02 Å². The van der Waals surface area contributed by atoms with Gasteiger partial charge in [-0.25, -0.2) is 5.14 Å². The first-order chi connectivity index (χ1) is 8.88. The molecule has 2 N–H and O–H groups in total. The molecule has 1 heterocycles. The van der Waals surface area contributed by atoms with E-state index in [1.807, 2.05) is 24.3 Å². The highest BCUT2D eigenvalue weighted by molar-refractivity contribution is 7.86. The summed E-state index contributed by atoms with van der Waals surface area (Å²) < 4.78 is 23.8. The molecule has 5 nitrogen and oxygen atoms in total. The molecule has 1 aliphatic rings. The van der Waals surface area contributed by atoms with Crippen LogP contribution in [-0.2, 0) is 10.2 Å². The SMILES string of the molecule is CC(c1ccc(Cl)cc1)N1CCN(S(N)(=O)=O)CC1. The number of halogens is 1. The first kappa shape index (κ1) is 14.7. The molecule has 1 aromatic rings. The maximum atomic E-state index is 11.2. The van der Waals surface area contributed by atoms with E-state index < -0.39 is 10.2 Å². The van der Waals surface area contributed by atoms with Crippen LogP contribution in [0.3, 0.4) is 0 Å². The Morgan fingerprint density at radius 3 is 2.16 bits per heavy atom. The summed E-state index contributed by atoms with van der Waals surface area (Å²) in [4.78, 5) is 2.24. The van der Waals surface area contributed by atoms with Gasteiger partial charge in [0.15, 0.2) is 0 Å². The van der Waals surface area contributed by atoms with Crippen LogP contribution in [0.2, 0.25) is 5.02 Å². The molecule has 0 amide bonds. The first-order valence-electron chi connectivity index (χ1n) is 6.15. The third-order valence-corrected chi connectivity index (χ3v) is 4.87. The van der Waals surface area contributed by atoms with Crippen molar-refractivity contribution in [2.24, 2.45) is 5.14 Å². The second-order valence-corrected chi connectivity index (χ2v) is 6.69. The molecule has 1 saturated heterocycles. The normalized spacial score (nSPS) is 20.4. The average molecular weight is 304 g/mol. The van der Waals surface area contributed by atoms with Gasteiger partial charge in [0.05, 0.1) is 0 Å². The Morgan fingerprint density at radius 2 is 1.68 bits per heavy atom. The minimum absolute atomic E-state index is 0.236. The minimum atomic E-state index is -3.56. The molecule has 1 aliphatic heterocycles. The van der Waals surface area contributed by atoms with E-state index in [0.29, 0.717) is 26.2 Å². The third-order valence-electron chi connectivity index (χ3n) is 3.53. The Bertz CT molecular complexity index is 524. The molecule has 0 bridgehead atoms. The topological polar surface area (TPSA) is 66.6 Å². The minimum Gasteiger partial charge on any atom is -0.294 e. The van der Waals surface area contributed by atoms with Crippen molar-refractivity contribution in [3.8, 4) is 0 Å². The summed E-state index contributed by atoms with van der Waals surface area (Å²) in [7, 11) is -3.56. The number of hydrogen-bond donors (Lipinski definition) is 1. The van der Waals surface area contributed by atoms with Crippen molar-refractivity contribution in [1.82, 2.24) is 9.21 Å². The van der Waals surface area contributed by atoms with E-state index in [2.05, 4.69) is 11.8 Å². The largest absolute Gasteiger partial charge is 0.294 e. The molecular formula is C12H18ClN3O2S. The third kappa shape index (κ3) is 3.67. The zero-order chi connectivity index (χ0) is 14.0. The number of nitrogens with two attached hydrogens (primary N) is 1. The van der Waals surface area contributed by atoms with Crippen LogP contribution in [0.4, 0.5) is 0 Å². The van der Waals surface area contributed by atoms with Crippen molar-refractivity contribution in [2.45, 2.75) is 13.0 Å². The van der Waals surface area contributed by atoms with Crippen molar-refractivity contribution >= 4 is 21.8 Å². The second kappa shape index (κ2) is 5.76. The number of nitrogens with zero attached hydrogens (tertiary/aromatic N) is 2. The van der Waals surface area contributed by atoms with Crippen molar-refractivity contribution < 1.29 is 8.42 Å². The highest BCUT2D eigenvalue weighted by atomic mass is 35.5. The lowest BCUT2D eigenvalue weighted by atomic mass is 10.1. The van der Waals surface area contributed by atoms with E-state index >= 15 is 0 Å². The van der Waals surface area contributed by atoms with Gasteiger partial charge < -0.3 is 0 Å². The molecule has 7 heteroatoms. The maximum Gasteiger partial charge on any atom is 0.276 e. The highest BCUT2D eigenvalue weighted by Crippen LogP contribution is 2.23. The number of hydrogen-bond acceptors (Lipinski definition) is 3. The molecule has 0 saturated carbocycles. The monoisotopic (exact) mass is 303 g/mol. The molecule has 0 spiro atoms. The molecule has 2 rings (SSSR count). The fourth-order valence-electron chi connectivity index (χ4n) is 2.30. The predicted molar refractivity (Wildman–Crippen MR) is 76.1 cm³/mol. The van der Waals surface area contributed by atoms with Crippen LogP contribution in [0, 0.1) is 0 Å². The smallest absolute Gasteiger partial charge is 0.276 e. The average Bonchev–Trinajstić information content (AvgIpc) is 2.38. The quantitative estimate of drug-likeness (QED) is 0.913. The molecule has 0 aromatic heterocycles. The van der Waals surface area contributed by atoms with Gasteiger partial charge in [-0.05, 0) is 24.6 Å². The van der Waals surface area contributed by atoms with Crippen LogP contribution >= 0.6 is 11.6 Å². The van der Waals surface area contributed by atoms with Gasteiger partial charge in [0.2, 0.25) is 0 Å². The molecule has 1 fully saturated rings. The lowest BCUT2D eigenvalue weighted by molar-refractivity contribution is 0.146. The summed E-state index contributed by atoms with van der Waals surface area (Å²) in [5.74, 6) is 0. The number of piperazine rings is 1. The van der Waals surface area contributed by atoms with Crippen molar-refractivity contribution in [3.63, 3.8) is 0 Å². The summed E-state index contributed by atoms with van der Waals surface area (Å²) in [6, 6.07) is 7.97. The first-order valence-corrected chi connectivity index (χ1v) is 8.03. The second-order valence-electron chi connectivity index (χ2n) is 4.71. The Morgan fingerprint density at radius 1 is 1.16 bits per heavy atom. The Balaban J connectivity index is 1.99. The van der Waals surface area contributed by atoms with Gasteiger partial charge in [0.1, 0.15) is 0 Å². The molecule has 106 valence electrons. The molecule has 19 heavy (non-hydrogen) atoms. The van der Waals surface area contributed by atoms with Crippen LogP contribution in [0.1, 0.15) is 18.5 Å². The van der Waals surface area contributed by atoms with Crippen LogP contribution in [0.5, 0.6) is 0 Å². The van der Waals surface area contributed by atoms with Crippen molar-refractivity contribution in [3.05, 3.63) is 34.9 Å². The van der Waals surface area contributed by atoms with Gasteiger partial charge in [-0.1, -0.05) is 23.7 Å². The summed E-state index contributed by atoms with van der Waals surface area (Å²) in [6.07, 6.45) is 0. The zero-order valence-electron chi connectivity index (χ0n) is 10.8. The molecule has 1 atom stereocenters. The van der Waals surface area contributed by atoms with Crippen molar-refractivity contribution in [1.29, 1.82) is 0 Å². The fraction of sp³-hybridized carbons (Fsp3) is 0.500. The van der Waals surface area contributed by atoms with Crippen LogP contribution in [-0.4, -0.2) is 43.8 Å². The van der Waals surface area contributed by atoms with E-state index in [4.69, 9.17) is 16.7 Å². The van der Waals surface area contributed by atoms with Gasteiger partial charge in [-0.15, -0.1) is 0 Å². The highest BCUT2D eigenvalue weighted by Gasteiger charge is 2.26. The number of benzene rings is 1. The fourth-order valence-corrected chi connectivity index (χ4v) is 3.10. The Labute approximate surface area is 119 Å². The van der Waals surface area contributed by atoms with E-state index in [-0.39, 0.29) is 6.04 Å². The van der Waals surface area contributed by atoms with Crippen LogP contribution < -0.4 is 5.14 Å². The molecule has 1 aromatic carbocycles. The summed E-state index contributed by atoms with van der Waals surface area (Å²) in [5.41, 5.74) is 1.17. The van der Waals surface area contributed by atoms with E-state index in [1.165, 1.54) is 9.87 Å². The van der Waals surface area contributed by atoms with Gasteiger partial charge in [-0.3, -0.25) is 4.90 Å². The Kier molecular flexibility index (Phi) is 4.47. The van der Waals surface area contributed by atoms with Gasteiger partial charge in [0, 0.05) is 37.2 Å². The van der Waals surface area contributed by atoms with Gasteiger partial charge >= 0.3 is 0 Å².